The van der Waals surface area contributed by atoms with Gasteiger partial charge in [0.2, 0.25) is 0 Å². The summed E-state index contributed by atoms with van der Waals surface area (Å²) in [5.74, 6) is 0.946. The van der Waals surface area contributed by atoms with Crippen LogP contribution in [-0.2, 0) is 10.7 Å². The van der Waals surface area contributed by atoms with Crippen LogP contribution in [0.25, 0.3) is 0 Å². The molecule has 1 aliphatic heterocycles. The van der Waals surface area contributed by atoms with Crippen LogP contribution in [0, 0.1) is 0 Å². The summed E-state index contributed by atoms with van der Waals surface area (Å²) in [6, 6.07) is 8.76. The van der Waals surface area contributed by atoms with Crippen LogP contribution in [0.2, 0.25) is 0 Å². The van der Waals surface area contributed by atoms with Crippen LogP contribution in [-0.4, -0.2) is 57.0 Å². The van der Waals surface area contributed by atoms with Crippen LogP contribution in [0.4, 0.5) is 0 Å². The molecule has 2 unspecified atom stereocenters. The molecule has 1 aromatic rings. The number of hydrogen-bond acceptors (Lipinski definition) is 4. The van der Waals surface area contributed by atoms with Gasteiger partial charge >= 0.3 is 0 Å². The first-order valence-corrected chi connectivity index (χ1v) is 10.3. The second-order valence-corrected chi connectivity index (χ2v) is 7.19. The van der Waals surface area contributed by atoms with Gasteiger partial charge in [0.05, 0.1) is 6.04 Å². The van der Waals surface area contributed by atoms with Gasteiger partial charge in [0.1, 0.15) is 12.4 Å². The van der Waals surface area contributed by atoms with Crippen LogP contribution < -0.4 is 10.1 Å². The van der Waals surface area contributed by atoms with Crippen molar-refractivity contribution in [2.24, 2.45) is 4.36 Å². The third kappa shape index (κ3) is 7.02. The van der Waals surface area contributed by atoms with Gasteiger partial charge in [0.25, 0.3) is 0 Å². The lowest BCUT2D eigenvalue weighted by molar-refractivity contribution is 0.158. The van der Waals surface area contributed by atoms with Gasteiger partial charge in [0, 0.05) is 31.6 Å². The van der Waals surface area contributed by atoms with E-state index in [-0.39, 0.29) is 10.7 Å². The zero-order valence-electron chi connectivity index (χ0n) is 15.3. The summed E-state index contributed by atoms with van der Waals surface area (Å²) < 4.78 is 10.2. The second kappa shape index (κ2) is 11.6. The monoisotopic (exact) mass is 339 g/mol. The predicted molar refractivity (Wildman–Crippen MR) is 102 cm³/mol. The maximum absolute atomic E-state index is 5.92. The number of nitrogens with zero attached hydrogens (tertiary/aromatic N) is 2. The third-order valence-corrected chi connectivity index (χ3v) is 5.27. The van der Waals surface area contributed by atoms with Crippen molar-refractivity contribution in [1.29, 1.82) is 0 Å². The van der Waals surface area contributed by atoms with E-state index in [9.17, 15) is 0 Å². The van der Waals surface area contributed by atoms with Gasteiger partial charge in [-0.25, -0.2) is 0 Å². The number of benzene rings is 1. The maximum Gasteiger partial charge on any atom is 0.119 e. The Hall–Kier alpha value is -0.910. The van der Waals surface area contributed by atoms with Crippen molar-refractivity contribution in [3.63, 3.8) is 0 Å². The molecule has 1 heterocycles. The molecule has 1 N–H and O–H groups in total. The average Bonchev–Trinajstić information content (AvgIpc) is 2.62. The minimum Gasteiger partial charge on any atom is -0.492 e. The van der Waals surface area contributed by atoms with Gasteiger partial charge in [-0.2, -0.15) is 0 Å². The molecule has 0 aromatic heterocycles. The molecule has 0 saturated carbocycles. The van der Waals surface area contributed by atoms with E-state index in [4.69, 9.17) is 4.74 Å². The number of ether oxygens (including phenoxy) is 1. The highest BCUT2D eigenvalue weighted by atomic mass is 32.2. The predicted octanol–water partition coefficient (Wildman–Crippen LogP) is 3.20. The first kappa shape index (κ1) is 20.1. The Labute approximate surface area is 144 Å². The summed E-state index contributed by atoms with van der Waals surface area (Å²) in [6.07, 6.45) is 3.35. The van der Waals surface area contributed by atoms with Crippen molar-refractivity contribution in [2.45, 2.75) is 38.1 Å². The van der Waals surface area contributed by atoms with E-state index in [1.807, 2.05) is 20.9 Å². The molecule has 0 spiro atoms. The Balaban J connectivity index is 0.00000127. The fourth-order valence-electron chi connectivity index (χ4n) is 2.56. The molecule has 0 aliphatic carbocycles. The Kier molecular flexibility index (Phi) is 10.2. The molecule has 0 bridgehead atoms. The van der Waals surface area contributed by atoms with Crippen molar-refractivity contribution in [3.8, 4) is 5.75 Å². The highest BCUT2D eigenvalue weighted by molar-refractivity contribution is 7.86. The highest BCUT2D eigenvalue weighted by Gasteiger charge is 2.18. The second-order valence-electron chi connectivity index (χ2n) is 5.39. The van der Waals surface area contributed by atoms with Gasteiger partial charge in [-0.3, -0.25) is 4.36 Å². The van der Waals surface area contributed by atoms with Crippen molar-refractivity contribution in [2.75, 3.05) is 46.1 Å². The van der Waals surface area contributed by atoms with Crippen molar-refractivity contribution >= 4 is 10.7 Å². The minimum absolute atomic E-state index is 0.0136. The van der Waals surface area contributed by atoms with E-state index in [2.05, 4.69) is 52.0 Å². The zero-order valence-corrected chi connectivity index (χ0v) is 16.2. The SMILES string of the molecule is CC.CCCN1CCNC(COc2ccc(S(C)=NC)cc2)C1. The lowest BCUT2D eigenvalue weighted by Crippen LogP contribution is -2.53. The highest BCUT2D eigenvalue weighted by Crippen LogP contribution is 2.15. The van der Waals surface area contributed by atoms with Crippen molar-refractivity contribution in [1.82, 2.24) is 10.2 Å². The maximum atomic E-state index is 5.92. The summed E-state index contributed by atoms with van der Waals surface area (Å²) in [5.41, 5.74) is 0. The molecule has 1 aliphatic rings. The molecule has 2 atom stereocenters. The van der Waals surface area contributed by atoms with Gasteiger partial charge in [0.15, 0.2) is 0 Å². The molecule has 5 heteroatoms. The molecule has 1 aromatic carbocycles. The smallest absolute Gasteiger partial charge is 0.119 e. The van der Waals surface area contributed by atoms with Gasteiger partial charge in [-0.1, -0.05) is 31.5 Å². The molecular formula is C18H33N3OS. The van der Waals surface area contributed by atoms with Crippen LogP contribution >= 0.6 is 0 Å². The Morgan fingerprint density at radius 1 is 1.30 bits per heavy atom. The fraction of sp³-hybridized carbons (Fsp3) is 0.667. The lowest BCUT2D eigenvalue weighted by Gasteiger charge is -2.33. The van der Waals surface area contributed by atoms with E-state index in [1.165, 1.54) is 17.9 Å². The molecule has 1 saturated heterocycles. The van der Waals surface area contributed by atoms with E-state index >= 15 is 0 Å². The molecule has 1 fully saturated rings. The van der Waals surface area contributed by atoms with E-state index in [1.54, 1.807) is 0 Å². The summed E-state index contributed by atoms with van der Waals surface area (Å²) in [5, 5.41) is 3.54. The van der Waals surface area contributed by atoms with Crippen LogP contribution in [0.3, 0.4) is 0 Å². The lowest BCUT2D eigenvalue weighted by atomic mass is 10.2. The van der Waals surface area contributed by atoms with Crippen LogP contribution in [0.1, 0.15) is 27.2 Å². The van der Waals surface area contributed by atoms with Gasteiger partial charge in [-0.15, -0.1) is 0 Å². The zero-order chi connectivity index (χ0) is 17.1. The van der Waals surface area contributed by atoms with Gasteiger partial charge in [-0.05, 0) is 43.5 Å². The van der Waals surface area contributed by atoms with Crippen molar-refractivity contribution in [3.05, 3.63) is 24.3 Å². The Bertz CT molecular complexity index is 460. The minimum atomic E-state index is -0.0136. The normalized spacial score (nSPS) is 19.8. The summed E-state index contributed by atoms with van der Waals surface area (Å²) >= 11 is 0. The molecule has 0 radical (unpaired) electrons. The first-order valence-electron chi connectivity index (χ1n) is 8.67. The van der Waals surface area contributed by atoms with Crippen LogP contribution in [0.5, 0.6) is 5.75 Å². The third-order valence-electron chi connectivity index (χ3n) is 3.77. The number of rotatable bonds is 6. The molecule has 0 amide bonds. The number of nitrogens with one attached hydrogen (secondary N) is 1. The number of hydrogen-bond donors (Lipinski definition) is 1. The topological polar surface area (TPSA) is 36.9 Å². The van der Waals surface area contributed by atoms with Crippen molar-refractivity contribution < 1.29 is 4.74 Å². The Morgan fingerprint density at radius 3 is 2.61 bits per heavy atom. The fourth-order valence-corrected chi connectivity index (χ4v) is 3.30. The summed E-state index contributed by atoms with van der Waals surface area (Å²) in [7, 11) is 1.85. The molecular weight excluding hydrogens is 306 g/mol. The summed E-state index contributed by atoms with van der Waals surface area (Å²) in [6.45, 7) is 11.4. The molecule has 23 heavy (non-hydrogen) atoms. The first-order chi connectivity index (χ1) is 11.2. The molecule has 4 nitrogen and oxygen atoms in total. The molecule has 2 rings (SSSR count). The largest absolute Gasteiger partial charge is 0.492 e. The number of piperazine rings is 1. The average molecular weight is 340 g/mol. The molecule has 132 valence electrons. The van der Waals surface area contributed by atoms with E-state index < -0.39 is 0 Å². The van der Waals surface area contributed by atoms with Crippen LogP contribution in [0.15, 0.2) is 33.5 Å². The van der Waals surface area contributed by atoms with Gasteiger partial charge < -0.3 is 15.0 Å². The van der Waals surface area contributed by atoms with E-state index in [0.29, 0.717) is 6.04 Å². The summed E-state index contributed by atoms with van der Waals surface area (Å²) in [4.78, 5) is 3.77. The quantitative estimate of drug-likeness (QED) is 0.865. The Morgan fingerprint density at radius 2 is 2.00 bits per heavy atom. The standard InChI is InChI=1S/C16H27N3OS.C2H6/c1-4-10-19-11-9-18-14(12-19)13-20-15-5-7-16(8-6-15)21(3)17-2;1-2/h5-8,14,18H,4,9-13H2,1-3H3;1-2H3. The van der Waals surface area contributed by atoms with E-state index in [0.717, 1.165) is 32.0 Å².